The van der Waals surface area contributed by atoms with Crippen LogP contribution in [0.3, 0.4) is 0 Å². The molecule has 0 aliphatic rings. The lowest BCUT2D eigenvalue weighted by molar-refractivity contribution is 0.0694. The molecule has 1 aromatic heterocycles. The van der Waals surface area contributed by atoms with Crippen molar-refractivity contribution >= 4 is 21.9 Å². The van der Waals surface area contributed by atoms with Gasteiger partial charge in [0.1, 0.15) is 0 Å². The average molecular weight is 335 g/mol. The zero-order valence-corrected chi connectivity index (χ0v) is 13.1. The highest BCUT2D eigenvalue weighted by Gasteiger charge is 2.17. The number of hydrogen-bond donors (Lipinski definition) is 1. The van der Waals surface area contributed by atoms with E-state index in [1.807, 2.05) is 39.0 Å². The number of aromatic carboxylic acids is 1. The second kappa shape index (κ2) is 5.71. The van der Waals surface area contributed by atoms with Gasteiger partial charge in [0.25, 0.3) is 0 Å². The third-order valence-corrected chi connectivity index (χ3v) is 3.52. The Hall–Kier alpha value is -1.75. The van der Waals surface area contributed by atoms with Gasteiger partial charge in [0.15, 0.2) is 5.82 Å². The van der Waals surface area contributed by atoms with Gasteiger partial charge in [-0.3, -0.25) is 0 Å². The van der Waals surface area contributed by atoms with Crippen molar-refractivity contribution in [1.82, 2.24) is 9.97 Å². The molecule has 0 unspecified atom stereocenters. The second-order valence-electron chi connectivity index (χ2n) is 4.91. The minimum atomic E-state index is -0.993. The van der Waals surface area contributed by atoms with Crippen LogP contribution >= 0.6 is 15.9 Å². The summed E-state index contributed by atoms with van der Waals surface area (Å²) >= 11 is 3.42. The smallest absolute Gasteiger partial charge is 0.339 e. The lowest BCUT2D eigenvalue weighted by Crippen LogP contribution is -2.09. The molecule has 20 heavy (non-hydrogen) atoms. The lowest BCUT2D eigenvalue weighted by Gasteiger charge is -2.11. The molecule has 0 saturated heterocycles. The summed E-state index contributed by atoms with van der Waals surface area (Å²) in [6.07, 6.45) is 1.39. The van der Waals surface area contributed by atoms with Gasteiger partial charge in [0.2, 0.25) is 0 Å². The second-order valence-corrected chi connectivity index (χ2v) is 5.83. The van der Waals surface area contributed by atoms with E-state index in [0.29, 0.717) is 11.5 Å². The molecule has 4 nitrogen and oxygen atoms in total. The fraction of sp³-hybridized carbons (Fsp3) is 0.267. The number of benzene rings is 1. The molecule has 0 aliphatic heterocycles. The molecular formula is C15H15BrN2O2. The van der Waals surface area contributed by atoms with Gasteiger partial charge in [-0.15, -0.1) is 0 Å². The van der Waals surface area contributed by atoms with Crippen LogP contribution in [0.15, 0.2) is 28.9 Å². The molecule has 2 aromatic rings. The summed E-state index contributed by atoms with van der Waals surface area (Å²) in [5.41, 5.74) is 2.67. The molecule has 0 radical (unpaired) electrons. The largest absolute Gasteiger partial charge is 0.478 e. The van der Waals surface area contributed by atoms with Crippen LogP contribution in [-0.2, 0) is 0 Å². The van der Waals surface area contributed by atoms with E-state index in [9.17, 15) is 9.90 Å². The van der Waals surface area contributed by atoms with Crippen molar-refractivity contribution in [3.63, 3.8) is 0 Å². The number of nitrogens with zero attached hydrogens (tertiary/aromatic N) is 2. The van der Waals surface area contributed by atoms with Crippen LogP contribution in [0.25, 0.3) is 11.4 Å². The fourth-order valence-corrected chi connectivity index (χ4v) is 2.48. The highest BCUT2D eigenvalue weighted by molar-refractivity contribution is 9.10. The molecule has 1 heterocycles. The van der Waals surface area contributed by atoms with Gasteiger partial charge in [-0.05, 0) is 36.6 Å². The van der Waals surface area contributed by atoms with Crippen LogP contribution in [0, 0.1) is 6.92 Å². The Balaban J connectivity index is 2.59. The van der Waals surface area contributed by atoms with E-state index in [4.69, 9.17) is 0 Å². The summed E-state index contributed by atoms with van der Waals surface area (Å²) in [6.45, 7) is 5.82. The minimum Gasteiger partial charge on any atom is -0.478 e. The molecule has 5 heteroatoms. The monoisotopic (exact) mass is 334 g/mol. The van der Waals surface area contributed by atoms with Crippen LogP contribution in [-0.4, -0.2) is 21.0 Å². The number of hydrogen-bond acceptors (Lipinski definition) is 3. The number of carbonyl (C=O) groups is 1. The molecule has 0 atom stereocenters. The lowest BCUT2D eigenvalue weighted by atomic mass is 10.0. The van der Waals surface area contributed by atoms with Gasteiger partial charge in [0.05, 0.1) is 11.3 Å². The van der Waals surface area contributed by atoms with E-state index < -0.39 is 5.97 Å². The van der Waals surface area contributed by atoms with Crippen LogP contribution < -0.4 is 0 Å². The molecule has 0 fully saturated rings. The van der Waals surface area contributed by atoms with E-state index in [1.54, 1.807) is 0 Å². The van der Waals surface area contributed by atoms with Gasteiger partial charge < -0.3 is 5.11 Å². The number of aryl methyl sites for hydroxylation is 1. The van der Waals surface area contributed by atoms with E-state index in [1.165, 1.54) is 6.20 Å². The number of carboxylic acid groups (broad SMARTS) is 1. The first-order chi connectivity index (χ1) is 9.40. The molecule has 0 amide bonds. The van der Waals surface area contributed by atoms with E-state index in [0.717, 1.165) is 15.6 Å². The predicted octanol–water partition coefficient (Wildman–Crippen LogP) is 4.04. The Kier molecular flexibility index (Phi) is 4.18. The van der Waals surface area contributed by atoms with Crippen molar-refractivity contribution in [1.29, 1.82) is 0 Å². The van der Waals surface area contributed by atoms with Crippen LogP contribution in [0.5, 0.6) is 0 Å². The first-order valence-corrected chi connectivity index (χ1v) is 7.06. The molecule has 1 aromatic carbocycles. The molecular weight excluding hydrogens is 320 g/mol. The Morgan fingerprint density at radius 1 is 1.35 bits per heavy atom. The maximum Gasteiger partial charge on any atom is 0.339 e. The SMILES string of the molecule is Cc1cc(Br)ccc1-c1ncc(C(=O)O)c(C(C)C)n1. The van der Waals surface area contributed by atoms with Gasteiger partial charge in [0, 0.05) is 16.2 Å². The standard InChI is InChI=1S/C15H15BrN2O2/c1-8(2)13-12(15(19)20)7-17-14(18-13)11-5-4-10(16)6-9(11)3/h4-8H,1-3H3,(H,19,20). The Labute approximate surface area is 126 Å². The first-order valence-electron chi connectivity index (χ1n) is 6.27. The van der Waals surface area contributed by atoms with Crippen LogP contribution in [0.2, 0.25) is 0 Å². The maximum absolute atomic E-state index is 11.2. The van der Waals surface area contributed by atoms with E-state index >= 15 is 0 Å². The fourth-order valence-electron chi connectivity index (χ4n) is 2.01. The number of rotatable bonds is 3. The summed E-state index contributed by atoms with van der Waals surface area (Å²) in [4.78, 5) is 19.8. The van der Waals surface area contributed by atoms with Crippen molar-refractivity contribution in [2.75, 3.05) is 0 Å². The molecule has 104 valence electrons. The highest BCUT2D eigenvalue weighted by Crippen LogP contribution is 2.26. The van der Waals surface area contributed by atoms with Crippen molar-refractivity contribution < 1.29 is 9.90 Å². The number of halogens is 1. The van der Waals surface area contributed by atoms with E-state index in [-0.39, 0.29) is 11.5 Å². The predicted molar refractivity (Wildman–Crippen MR) is 81.0 cm³/mol. The zero-order chi connectivity index (χ0) is 14.9. The Morgan fingerprint density at radius 3 is 2.60 bits per heavy atom. The molecule has 0 saturated carbocycles. The first kappa shape index (κ1) is 14.7. The van der Waals surface area contributed by atoms with Gasteiger partial charge in [-0.1, -0.05) is 29.8 Å². The Morgan fingerprint density at radius 2 is 2.05 bits per heavy atom. The number of aromatic nitrogens is 2. The van der Waals surface area contributed by atoms with E-state index in [2.05, 4.69) is 25.9 Å². The molecule has 2 rings (SSSR count). The summed E-state index contributed by atoms with van der Waals surface area (Å²) < 4.78 is 0.991. The van der Waals surface area contributed by atoms with Crippen molar-refractivity contribution in [3.05, 3.63) is 45.7 Å². The molecule has 1 N–H and O–H groups in total. The summed E-state index contributed by atoms with van der Waals surface area (Å²) in [5, 5.41) is 9.18. The highest BCUT2D eigenvalue weighted by atomic mass is 79.9. The van der Waals surface area contributed by atoms with Crippen molar-refractivity contribution in [2.45, 2.75) is 26.7 Å². The van der Waals surface area contributed by atoms with Gasteiger partial charge in [-0.2, -0.15) is 0 Å². The Bertz CT molecular complexity index is 669. The quantitative estimate of drug-likeness (QED) is 0.920. The minimum absolute atomic E-state index is 0.0265. The van der Waals surface area contributed by atoms with Crippen LogP contribution in [0.4, 0.5) is 0 Å². The third kappa shape index (κ3) is 2.88. The van der Waals surface area contributed by atoms with Crippen molar-refractivity contribution in [2.24, 2.45) is 0 Å². The normalized spacial score (nSPS) is 10.8. The average Bonchev–Trinajstić information content (AvgIpc) is 2.37. The van der Waals surface area contributed by atoms with Gasteiger partial charge >= 0.3 is 5.97 Å². The van der Waals surface area contributed by atoms with Crippen molar-refractivity contribution in [3.8, 4) is 11.4 Å². The molecule has 0 aliphatic carbocycles. The number of carboxylic acids is 1. The van der Waals surface area contributed by atoms with Crippen LogP contribution in [0.1, 0.15) is 41.4 Å². The summed E-state index contributed by atoms with van der Waals surface area (Å²) in [7, 11) is 0. The third-order valence-electron chi connectivity index (χ3n) is 3.02. The van der Waals surface area contributed by atoms with Gasteiger partial charge in [-0.25, -0.2) is 14.8 Å². The zero-order valence-electron chi connectivity index (χ0n) is 11.5. The molecule has 0 spiro atoms. The molecule has 0 bridgehead atoms. The maximum atomic E-state index is 11.2. The summed E-state index contributed by atoms with van der Waals surface area (Å²) in [6, 6.07) is 5.84. The topological polar surface area (TPSA) is 63.1 Å². The summed E-state index contributed by atoms with van der Waals surface area (Å²) in [5.74, 6) is -0.407.